The molecule has 0 unspecified atom stereocenters. The lowest BCUT2D eigenvalue weighted by atomic mass is 10.2. The lowest BCUT2D eigenvalue weighted by Gasteiger charge is -1.91. The van der Waals surface area contributed by atoms with Gasteiger partial charge in [-0.3, -0.25) is 0 Å². The normalized spacial score (nSPS) is 10.7. The van der Waals surface area contributed by atoms with Crippen molar-refractivity contribution in [2.75, 3.05) is 5.88 Å². The number of furan rings is 1. The number of oxazole rings is 1. The fraction of sp³-hybridized carbons (Fsp3) is 0.300. The maximum atomic E-state index is 5.58. The summed E-state index contributed by atoms with van der Waals surface area (Å²) in [4.78, 5) is 4.11. The number of rotatable bonds is 3. The molecule has 0 fully saturated rings. The van der Waals surface area contributed by atoms with Crippen molar-refractivity contribution in [3.05, 3.63) is 30.2 Å². The molecule has 2 aromatic heterocycles. The van der Waals surface area contributed by atoms with Crippen LogP contribution >= 0.6 is 11.6 Å². The first-order chi connectivity index (χ1) is 6.81. The molecule has 0 aliphatic heterocycles. The number of alkyl halides is 1. The predicted molar refractivity (Wildman–Crippen MR) is 53.4 cm³/mol. The average molecular weight is 212 g/mol. The van der Waals surface area contributed by atoms with Crippen molar-refractivity contribution >= 4 is 11.6 Å². The zero-order chi connectivity index (χ0) is 9.97. The molecule has 4 heteroatoms. The molecular formula is C10H10ClNO2. The van der Waals surface area contributed by atoms with Crippen molar-refractivity contribution in [1.82, 2.24) is 4.98 Å². The molecule has 0 saturated carbocycles. The van der Waals surface area contributed by atoms with Gasteiger partial charge in [-0.2, -0.15) is 0 Å². The van der Waals surface area contributed by atoms with Crippen molar-refractivity contribution in [2.24, 2.45) is 0 Å². The van der Waals surface area contributed by atoms with Crippen LogP contribution in [0.15, 0.2) is 27.4 Å². The number of aromatic nitrogens is 1. The van der Waals surface area contributed by atoms with Gasteiger partial charge in [0, 0.05) is 12.3 Å². The molecule has 0 saturated heterocycles. The first-order valence-corrected chi connectivity index (χ1v) is 4.90. The van der Waals surface area contributed by atoms with Gasteiger partial charge in [-0.1, -0.05) is 0 Å². The second-order valence-electron chi connectivity index (χ2n) is 2.95. The van der Waals surface area contributed by atoms with Gasteiger partial charge in [0.1, 0.15) is 5.76 Å². The van der Waals surface area contributed by atoms with Crippen LogP contribution in [0, 0.1) is 6.92 Å². The van der Waals surface area contributed by atoms with Crippen LogP contribution in [-0.4, -0.2) is 10.9 Å². The summed E-state index contributed by atoms with van der Waals surface area (Å²) in [5.74, 6) is 2.75. The molecule has 2 rings (SSSR count). The maximum absolute atomic E-state index is 5.58. The summed E-state index contributed by atoms with van der Waals surface area (Å²) in [6.45, 7) is 1.89. The second-order valence-corrected chi connectivity index (χ2v) is 3.33. The van der Waals surface area contributed by atoms with E-state index >= 15 is 0 Å². The molecule has 74 valence electrons. The van der Waals surface area contributed by atoms with Crippen molar-refractivity contribution in [3.8, 4) is 11.3 Å². The topological polar surface area (TPSA) is 39.2 Å². The van der Waals surface area contributed by atoms with E-state index in [9.17, 15) is 0 Å². The number of hydrogen-bond acceptors (Lipinski definition) is 3. The van der Waals surface area contributed by atoms with Gasteiger partial charge < -0.3 is 8.83 Å². The van der Waals surface area contributed by atoms with Gasteiger partial charge in [0.2, 0.25) is 0 Å². The molecule has 2 heterocycles. The fourth-order valence-corrected chi connectivity index (χ4v) is 1.43. The summed E-state index contributed by atoms with van der Waals surface area (Å²) >= 11 is 5.58. The van der Waals surface area contributed by atoms with Crippen molar-refractivity contribution in [1.29, 1.82) is 0 Å². The van der Waals surface area contributed by atoms with Crippen LogP contribution in [0.25, 0.3) is 11.3 Å². The van der Waals surface area contributed by atoms with Gasteiger partial charge in [-0.05, 0) is 13.0 Å². The molecule has 0 atom stereocenters. The molecule has 0 aliphatic rings. The smallest absolute Gasteiger partial charge is 0.196 e. The van der Waals surface area contributed by atoms with Crippen molar-refractivity contribution in [3.63, 3.8) is 0 Å². The highest BCUT2D eigenvalue weighted by atomic mass is 35.5. The third kappa shape index (κ3) is 1.68. The van der Waals surface area contributed by atoms with Crippen LogP contribution in [0.3, 0.4) is 0 Å². The Morgan fingerprint density at radius 1 is 1.50 bits per heavy atom. The standard InChI is InChI=1S/C10H10ClNO2/c1-7-8(3-5-13-7)9-6-12-10(14-9)2-4-11/h3,5-6H,2,4H2,1H3. The number of hydrogen-bond donors (Lipinski definition) is 0. The van der Waals surface area contributed by atoms with E-state index in [1.54, 1.807) is 12.5 Å². The minimum Gasteiger partial charge on any atom is -0.469 e. The van der Waals surface area contributed by atoms with Gasteiger partial charge >= 0.3 is 0 Å². The Hall–Kier alpha value is -1.22. The second kappa shape index (κ2) is 3.88. The third-order valence-electron chi connectivity index (χ3n) is 1.99. The molecule has 3 nitrogen and oxygen atoms in total. The molecule has 0 N–H and O–H groups in total. The third-order valence-corrected chi connectivity index (χ3v) is 2.18. The van der Waals surface area contributed by atoms with Crippen LogP contribution in [0.2, 0.25) is 0 Å². The van der Waals surface area contributed by atoms with Gasteiger partial charge in [-0.25, -0.2) is 4.98 Å². The van der Waals surface area contributed by atoms with Gasteiger partial charge in [0.25, 0.3) is 0 Å². The van der Waals surface area contributed by atoms with E-state index in [0.29, 0.717) is 18.2 Å². The summed E-state index contributed by atoms with van der Waals surface area (Å²) in [6, 6.07) is 1.86. The van der Waals surface area contributed by atoms with Gasteiger partial charge in [0.05, 0.1) is 18.0 Å². The zero-order valence-electron chi connectivity index (χ0n) is 7.79. The van der Waals surface area contributed by atoms with Crippen molar-refractivity contribution < 1.29 is 8.83 Å². The first-order valence-electron chi connectivity index (χ1n) is 4.36. The number of halogens is 1. The molecular weight excluding hydrogens is 202 g/mol. The average Bonchev–Trinajstić information content (AvgIpc) is 2.74. The summed E-state index contributed by atoms with van der Waals surface area (Å²) < 4.78 is 10.7. The van der Waals surface area contributed by atoms with E-state index in [4.69, 9.17) is 20.4 Å². The molecule has 2 aromatic rings. The molecule has 0 radical (unpaired) electrons. The van der Waals surface area contributed by atoms with Crippen LogP contribution in [0.5, 0.6) is 0 Å². The van der Waals surface area contributed by atoms with E-state index in [1.807, 2.05) is 13.0 Å². The van der Waals surface area contributed by atoms with Crippen LogP contribution in [0.4, 0.5) is 0 Å². The Balaban J connectivity index is 2.29. The highest BCUT2D eigenvalue weighted by molar-refractivity contribution is 6.17. The van der Waals surface area contributed by atoms with Crippen molar-refractivity contribution in [2.45, 2.75) is 13.3 Å². The molecule has 0 spiro atoms. The summed E-state index contributed by atoms with van der Waals surface area (Å²) in [7, 11) is 0. The summed E-state index contributed by atoms with van der Waals surface area (Å²) in [5, 5.41) is 0. The first kappa shape index (κ1) is 9.34. The van der Waals surface area contributed by atoms with E-state index in [0.717, 1.165) is 17.1 Å². The Bertz CT molecular complexity index is 419. The highest BCUT2D eigenvalue weighted by Gasteiger charge is 2.10. The van der Waals surface area contributed by atoms with E-state index in [1.165, 1.54) is 0 Å². The Labute approximate surface area is 86.7 Å². The lowest BCUT2D eigenvalue weighted by molar-refractivity contribution is 0.508. The largest absolute Gasteiger partial charge is 0.469 e. The quantitative estimate of drug-likeness (QED) is 0.733. The fourth-order valence-electron chi connectivity index (χ4n) is 1.27. The minimum absolute atomic E-state index is 0.518. The van der Waals surface area contributed by atoms with Crippen LogP contribution in [0.1, 0.15) is 11.7 Å². The number of aryl methyl sites for hydroxylation is 2. The Morgan fingerprint density at radius 2 is 2.36 bits per heavy atom. The predicted octanol–water partition coefficient (Wildman–Crippen LogP) is 3.02. The number of nitrogens with zero attached hydrogens (tertiary/aromatic N) is 1. The molecule has 14 heavy (non-hydrogen) atoms. The summed E-state index contributed by atoms with van der Waals surface area (Å²) in [6.07, 6.45) is 3.98. The van der Waals surface area contributed by atoms with E-state index in [-0.39, 0.29) is 0 Å². The lowest BCUT2D eigenvalue weighted by Crippen LogP contribution is -1.83. The molecule has 0 aliphatic carbocycles. The van der Waals surface area contributed by atoms with Gasteiger partial charge in [-0.15, -0.1) is 11.6 Å². The minimum atomic E-state index is 0.518. The molecule has 0 bridgehead atoms. The maximum Gasteiger partial charge on any atom is 0.196 e. The monoisotopic (exact) mass is 211 g/mol. The molecule has 0 aromatic carbocycles. The Morgan fingerprint density at radius 3 is 3.00 bits per heavy atom. The van der Waals surface area contributed by atoms with Gasteiger partial charge in [0.15, 0.2) is 11.7 Å². The van der Waals surface area contributed by atoms with Crippen LogP contribution in [-0.2, 0) is 6.42 Å². The zero-order valence-corrected chi connectivity index (χ0v) is 8.54. The highest BCUT2D eigenvalue weighted by Crippen LogP contribution is 2.24. The summed E-state index contributed by atoms with van der Waals surface area (Å²) in [5.41, 5.74) is 0.943. The van der Waals surface area contributed by atoms with Crippen LogP contribution < -0.4 is 0 Å². The van der Waals surface area contributed by atoms with E-state index in [2.05, 4.69) is 4.98 Å². The molecule has 0 amide bonds. The SMILES string of the molecule is Cc1occc1-c1cnc(CCCl)o1. The Kier molecular flexibility index (Phi) is 2.59. The van der Waals surface area contributed by atoms with E-state index < -0.39 is 0 Å².